The molecule has 0 aromatic rings. The summed E-state index contributed by atoms with van der Waals surface area (Å²) in [4.78, 5) is 2.41. The van der Waals surface area contributed by atoms with Gasteiger partial charge in [-0.1, -0.05) is 27.2 Å². The first-order valence-corrected chi connectivity index (χ1v) is 6.07. The molecule has 3 N–H and O–H groups in total. The van der Waals surface area contributed by atoms with E-state index in [0.29, 0.717) is 0 Å². The third-order valence-corrected chi connectivity index (χ3v) is 3.07. The van der Waals surface area contributed by atoms with E-state index < -0.39 is 5.54 Å². The predicted octanol–water partition coefficient (Wildman–Crippen LogP) is 1.45. The Morgan fingerprint density at radius 1 is 1.40 bits per heavy atom. The molecule has 0 aliphatic rings. The molecule has 2 unspecified atom stereocenters. The van der Waals surface area contributed by atoms with Gasteiger partial charge in [0.05, 0.1) is 6.61 Å². The first-order chi connectivity index (χ1) is 6.95. The predicted molar refractivity (Wildman–Crippen MR) is 65.9 cm³/mol. The SMILES string of the molecule is CCC(C)CN(CC)CCC(C)(N)CO. The van der Waals surface area contributed by atoms with Crippen LogP contribution in [-0.2, 0) is 0 Å². The van der Waals surface area contributed by atoms with E-state index in [9.17, 15) is 0 Å². The molecule has 0 bridgehead atoms. The Morgan fingerprint density at radius 2 is 2.00 bits per heavy atom. The highest BCUT2D eigenvalue weighted by molar-refractivity contribution is 4.78. The van der Waals surface area contributed by atoms with Gasteiger partial charge < -0.3 is 15.7 Å². The summed E-state index contributed by atoms with van der Waals surface area (Å²) in [5, 5.41) is 9.06. The van der Waals surface area contributed by atoms with Crippen LogP contribution in [0.5, 0.6) is 0 Å². The zero-order chi connectivity index (χ0) is 11.9. The van der Waals surface area contributed by atoms with Crippen LogP contribution in [0.4, 0.5) is 0 Å². The second-order valence-corrected chi connectivity index (χ2v) is 4.97. The lowest BCUT2D eigenvalue weighted by molar-refractivity contribution is 0.169. The largest absolute Gasteiger partial charge is 0.394 e. The molecule has 0 amide bonds. The maximum atomic E-state index is 9.06. The average Bonchev–Trinajstić information content (AvgIpc) is 2.23. The minimum Gasteiger partial charge on any atom is -0.394 e. The highest BCUT2D eigenvalue weighted by atomic mass is 16.3. The van der Waals surface area contributed by atoms with E-state index in [1.54, 1.807) is 0 Å². The van der Waals surface area contributed by atoms with Gasteiger partial charge in [0.25, 0.3) is 0 Å². The van der Waals surface area contributed by atoms with Crippen molar-refractivity contribution in [1.29, 1.82) is 0 Å². The Morgan fingerprint density at radius 3 is 2.40 bits per heavy atom. The smallest absolute Gasteiger partial charge is 0.0608 e. The monoisotopic (exact) mass is 216 g/mol. The molecule has 0 aromatic carbocycles. The molecule has 0 radical (unpaired) electrons. The Hall–Kier alpha value is -0.120. The highest BCUT2D eigenvalue weighted by Crippen LogP contribution is 2.09. The van der Waals surface area contributed by atoms with Gasteiger partial charge in [-0.15, -0.1) is 0 Å². The van der Waals surface area contributed by atoms with E-state index >= 15 is 0 Å². The van der Waals surface area contributed by atoms with Gasteiger partial charge in [0.1, 0.15) is 0 Å². The summed E-state index contributed by atoms with van der Waals surface area (Å²) in [7, 11) is 0. The van der Waals surface area contributed by atoms with E-state index in [4.69, 9.17) is 10.8 Å². The first kappa shape index (κ1) is 14.9. The zero-order valence-corrected chi connectivity index (χ0v) is 10.8. The number of hydrogen-bond acceptors (Lipinski definition) is 3. The Balaban J connectivity index is 3.89. The molecule has 92 valence electrons. The van der Waals surface area contributed by atoms with E-state index in [2.05, 4.69) is 25.7 Å². The van der Waals surface area contributed by atoms with Crippen LogP contribution >= 0.6 is 0 Å². The number of hydrogen-bond donors (Lipinski definition) is 2. The maximum Gasteiger partial charge on any atom is 0.0608 e. The van der Waals surface area contributed by atoms with Gasteiger partial charge in [-0.25, -0.2) is 0 Å². The lowest BCUT2D eigenvalue weighted by atomic mass is 10.00. The summed E-state index contributed by atoms with van der Waals surface area (Å²) in [5.41, 5.74) is 5.48. The van der Waals surface area contributed by atoms with Gasteiger partial charge >= 0.3 is 0 Å². The summed E-state index contributed by atoms with van der Waals surface area (Å²) in [6.45, 7) is 11.8. The van der Waals surface area contributed by atoms with Crippen molar-refractivity contribution in [3.8, 4) is 0 Å². The van der Waals surface area contributed by atoms with Crippen LogP contribution in [0.2, 0.25) is 0 Å². The maximum absolute atomic E-state index is 9.06. The third-order valence-electron chi connectivity index (χ3n) is 3.07. The van der Waals surface area contributed by atoms with Gasteiger partial charge in [0, 0.05) is 12.1 Å². The van der Waals surface area contributed by atoms with E-state index in [0.717, 1.165) is 32.0 Å². The molecule has 15 heavy (non-hydrogen) atoms. The molecule has 0 heterocycles. The topological polar surface area (TPSA) is 49.5 Å². The molecular formula is C12H28N2O. The third kappa shape index (κ3) is 6.88. The van der Waals surface area contributed by atoms with Gasteiger partial charge in [-0.05, 0) is 32.4 Å². The fourth-order valence-electron chi connectivity index (χ4n) is 1.44. The van der Waals surface area contributed by atoms with Gasteiger partial charge in [0.15, 0.2) is 0 Å². The Labute approximate surface area is 94.6 Å². The summed E-state index contributed by atoms with van der Waals surface area (Å²) >= 11 is 0. The van der Waals surface area contributed by atoms with Crippen molar-refractivity contribution < 1.29 is 5.11 Å². The summed E-state index contributed by atoms with van der Waals surface area (Å²) in [6.07, 6.45) is 2.07. The molecule has 0 fully saturated rings. The lowest BCUT2D eigenvalue weighted by Crippen LogP contribution is -2.44. The van der Waals surface area contributed by atoms with Crippen molar-refractivity contribution in [2.45, 2.75) is 46.1 Å². The van der Waals surface area contributed by atoms with Crippen LogP contribution in [0.3, 0.4) is 0 Å². The first-order valence-electron chi connectivity index (χ1n) is 6.07. The zero-order valence-electron chi connectivity index (χ0n) is 10.8. The molecule has 2 atom stereocenters. The summed E-state index contributed by atoms with van der Waals surface area (Å²) in [6, 6.07) is 0. The molecule has 0 rings (SSSR count). The lowest BCUT2D eigenvalue weighted by Gasteiger charge is -2.28. The molecule has 3 heteroatoms. The molecule has 0 aliphatic heterocycles. The molecule has 0 aromatic heterocycles. The van der Waals surface area contributed by atoms with Gasteiger partial charge in [0.2, 0.25) is 0 Å². The van der Waals surface area contributed by atoms with Gasteiger partial charge in [-0.2, -0.15) is 0 Å². The van der Waals surface area contributed by atoms with Crippen LogP contribution in [0, 0.1) is 5.92 Å². The molecular weight excluding hydrogens is 188 g/mol. The van der Waals surface area contributed by atoms with Crippen molar-refractivity contribution >= 4 is 0 Å². The molecule has 3 nitrogen and oxygen atoms in total. The number of aliphatic hydroxyl groups is 1. The summed E-state index contributed by atoms with van der Waals surface area (Å²) in [5.74, 6) is 0.739. The van der Waals surface area contributed by atoms with Crippen LogP contribution in [0.1, 0.15) is 40.5 Å². The normalized spacial score (nSPS) is 17.8. The van der Waals surface area contributed by atoms with E-state index in [1.165, 1.54) is 6.42 Å². The second-order valence-electron chi connectivity index (χ2n) is 4.97. The standard InChI is InChI=1S/C12H28N2O/c1-5-11(3)9-14(6-2)8-7-12(4,13)10-15/h11,15H,5-10,13H2,1-4H3. The minimum atomic E-state index is -0.428. The fraction of sp³-hybridized carbons (Fsp3) is 1.00. The Kier molecular flexibility index (Phi) is 7.14. The van der Waals surface area contributed by atoms with E-state index in [-0.39, 0.29) is 6.61 Å². The highest BCUT2D eigenvalue weighted by Gasteiger charge is 2.18. The average molecular weight is 216 g/mol. The minimum absolute atomic E-state index is 0.0634. The number of nitrogens with zero attached hydrogens (tertiary/aromatic N) is 1. The quantitative estimate of drug-likeness (QED) is 0.646. The van der Waals surface area contributed by atoms with Crippen LogP contribution in [0.25, 0.3) is 0 Å². The molecule has 0 spiro atoms. The van der Waals surface area contributed by atoms with Gasteiger partial charge in [-0.3, -0.25) is 0 Å². The van der Waals surface area contributed by atoms with Crippen LogP contribution in [-0.4, -0.2) is 41.8 Å². The molecule has 0 saturated carbocycles. The van der Waals surface area contributed by atoms with Crippen molar-refractivity contribution in [3.63, 3.8) is 0 Å². The number of aliphatic hydroxyl groups excluding tert-OH is 1. The Bertz CT molecular complexity index is 160. The fourth-order valence-corrected chi connectivity index (χ4v) is 1.44. The van der Waals surface area contributed by atoms with Crippen molar-refractivity contribution in [1.82, 2.24) is 4.90 Å². The van der Waals surface area contributed by atoms with E-state index in [1.807, 2.05) is 6.92 Å². The van der Waals surface area contributed by atoms with Crippen LogP contribution in [0.15, 0.2) is 0 Å². The molecule has 0 aliphatic carbocycles. The molecule has 0 saturated heterocycles. The summed E-state index contributed by atoms with van der Waals surface area (Å²) < 4.78 is 0. The van der Waals surface area contributed by atoms with Crippen molar-refractivity contribution in [2.75, 3.05) is 26.2 Å². The van der Waals surface area contributed by atoms with Crippen molar-refractivity contribution in [2.24, 2.45) is 11.7 Å². The van der Waals surface area contributed by atoms with Crippen molar-refractivity contribution in [3.05, 3.63) is 0 Å². The number of rotatable bonds is 8. The number of nitrogens with two attached hydrogens (primary N) is 1. The van der Waals surface area contributed by atoms with Crippen LogP contribution < -0.4 is 5.73 Å². The second kappa shape index (κ2) is 7.20.